The van der Waals surface area contributed by atoms with Gasteiger partial charge in [0.25, 0.3) is 10.0 Å². The molecule has 1 aromatic heterocycles. The molecule has 6 nitrogen and oxygen atoms in total. The number of nitrogens with zero attached hydrogens (tertiary/aromatic N) is 2. The molecule has 0 fully saturated rings. The summed E-state index contributed by atoms with van der Waals surface area (Å²) in [7, 11) is -1.92. The molecule has 0 saturated heterocycles. The predicted octanol–water partition coefficient (Wildman–Crippen LogP) is 2.03. The smallest absolute Gasteiger partial charge is 0.262 e. The van der Waals surface area contributed by atoms with Gasteiger partial charge in [-0.1, -0.05) is 20.8 Å². The number of aryl methyl sites for hydroxylation is 1. The minimum Gasteiger partial charge on any atom is -0.313 e. The summed E-state index contributed by atoms with van der Waals surface area (Å²) in [5, 5.41) is 10.2. The predicted molar refractivity (Wildman–Crippen MR) is 84.6 cm³/mol. The van der Waals surface area contributed by atoms with Crippen LogP contribution in [0.1, 0.15) is 51.3 Å². The molecule has 0 amide bonds. The maximum Gasteiger partial charge on any atom is 0.262 e. The van der Waals surface area contributed by atoms with Crippen molar-refractivity contribution < 1.29 is 8.42 Å². The van der Waals surface area contributed by atoms with Crippen LogP contribution in [-0.4, -0.2) is 42.6 Å². The Kier molecular flexibility index (Phi) is 6.83. The Morgan fingerprint density at radius 1 is 1.29 bits per heavy atom. The van der Waals surface area contributed by atoms with Crippen molar-refractivity contribution in [3.63, 3.8) is 0 Å². The molecule has 0 atom stereocenters. The fourth-order valence-electron chi connectivity index (χ4n) is 2.38. The van der Waals surface area contributed by atoms with Gasteiger partial charge in [0.15, 0.2) is 5.03 Å². The first kappa shape index (κ1) is 18.1. The maximum atomic E-state index is 12.8. The fourth-order valence-corrected chi connectivity index (χ4v) is 4.04. The molecule has 0 aliphatic heterocycles. The third kappa shape index (κ3) is 4.05. The summed E-state index contributed by atoms with van der Waals surface area (Å²) in [5.41, 5.74) is 1.54. The van der Waals surface area contributed by atoms with Crippen molar-refractivity contribution in [3.05, 3.63) is 11.3 Å². The normalized spacial score (nSPS) is 12.5. The van der Waals surface area contributed by atoms with Gasteiger partial charge in [0.1, 0.15) is 0 Å². The highest BCUT2D eigenvalue weighted by Crippen LogP contribution is 2.22. The number of nitrogens with one attached hydrogen (secondary N) is 2. The van der Waals surface area contributed by atoms with Crippen LogP contribution in [0.4, 0.5) is 0 Å². The Labute approximate surface area is 128 Å². The Morgan fingerprint density at radius 2 is 1.90 bits per heavy atom. The number of aromatic nitrogens is 2. The van der Waals surface area contributed by atoms with Gasteiger partial charge in [0, 0.05) is 30.9 Å². The Balaban J connectivity index is 3.08. The van der Waals surface area contributed by atoms with E-state index in [-0.39, 0.29) is 11.1 Å². The zero-order chi connectivity index (χ0) is 16.0. The molecule has 2 N–H and O–H groups in total. The lowest BCUT2D eigenvalue weighted by molar-refractivity contribution is 0.348. The van der Waals surface area contributed by atoms with Crippen molar-refractivity contribution in [2.24, 2.45) is 0 Å². The van der Waals surface area contributed by atoms with E-state index in [1.165, 1.54) is 4.31 Å². The Hall–Kier alpha value is -0.920. The van der Waals surface area contributed by atoms with Crippen LogP contribution in [0.3, 0.4) is 0 Å². The molecule has 1 heterocycles. The zero-order valence-corrected chi connectivity index (χ0v) is 14.5. The standard InChI is InChI=1S/C14H28N4O2S/c1-6-9-15-10-13-11(4)16-17-14(13)21(19,20)18(5)12(7-2)8-3/h12,15H,6-10H2,1-5H3,(H,16,17). The molecule has 1 rings (SSSR count). The van der Waals surface area contributed by atoms with Crippen LogP contribution in [0, 0.1) is 6.92 Å². The molecule has 21 heavy (non-hydrogen) atoms. The lowest BCUT2D eigenvalue weighted by Gasteiger charge is -2.25. The zero-order valence-electron chi connectivity index (χ0n) is 13.7. The molecule has 0 radical (unpaired) electrons. The summed E-state index contributed by atoms with van der Waals surface area (Å²) in [5.74, 6) is 0. The molecule has 7 heteroatoms. The van der Waals surface area contributed by atoms with Gasteiger partial charge in [0.2, 0.25) is 0 Å². The monoisotopic (exact) mass is 316 g/mol. The van der Waals surface area contributed by atoms with Gasteiger partial charge in [-0.15, -0.1) is 0 Å². The average Bonchev–Trinajstić information content (AvgIpc) is 2.82. The highest BCUT2D eigenvalue weighted by molar-refractivity contribution is 7.89. The third-order valence-electron chi connectivity index (χ3n) is 3.84. The molecule has 0 bridgehead atoms. The maximum absolute atomic E-state index is 12.8. The number of hydrogen-bond donors (Lipinski definition) is 2. The fraction of sp³-hybridized carbons (Fsp3) is 0.786. The van der Waals surface area contributed by atoms with Crippen molar-refractivity contribution in [2.75, 3.05) is 13.6 Å². The Bertz CT molecular complexity index is 535. The molecule has 122 valence electrons. The van der Waals surface area contributed by atoms with E-state index in [2.05, 4.69) is 22.4 Å². The van der Waals surface area contributed by atoms with Crippen molar-refractivity contribution >= 4 is 10.0 Å². The quantitative estimate of drug-likeness (QED) is 0.683. The van der Waals surface area contributed by atoms with E-state index in [4.69, 9.17) is 0 Å². The molecule has 0 saturated carbocycles. The summed E-state index contributed by atoms with van der Waals surface area (Å²) in [6, 6.07) is 0.00320. The highest BCUT2D eigenvalue weighted by atomic mass is 32.2. The van der Waals surface area contributed by atoms with Gasteiger partial charge < -0.3 is 5.32 Å². The van der Waals surface area contributed by atoms with Crippen LogP contribution in [0.25, 0.3) is 0 Å². The van der Waals surface area contributed by atoms with Gasteiger partial charge >= 0.3 is 0 Å². The summed E-state index contributed by atoms with van der Waals surface area (Å²) in [6.07, 6.45) is 2.59. The van der Waals surface area contributed by atoms with E-state index in [1.807, 2.05) is 20.8 Å². The molecular formula is C14H28N4O2S. The van der Waals surface area contributed by atoms with Gasteiger partial charge in [-0.25, -0.2) is 8.42 Å². The van der Waals surface area contributed by atoms with E-state index >= 15 is 0 Å². The van der Waals surface area contributed by atoms with Gasteiger partial charge in [-0.2, -0.15) is 9.40 Å². The number of aromatic amines is 1. The highest BCUT2D eigenvalue weighted by Gasteiger charge is 2.31. The molecule has 0 aliphatic carbocycles. The van der Waals surface area contributed by atoms with E-state index in [0.29, 0.717) is 6.54 Å². The summed E-state index contributed by atoms with van der Waals surface area (Å²) in [6.45, 7) is 9.30. The number of sulfonamides is 1. The molecule has 0 unspecified atom stereocenters. The third-order valence-corrected chi connectivity index (χ3v) is 5.73. The SMILES string of the molecule is CCCNCc1c(S(=O)(=O)N(C)C(CC)CC)n[nH]c1C. The molecule has 0 aliphatic rings. The second-order valence-corrected chi connectivity index (χ2v) is 7.21. The van der Waals surface area contributed by atoms with E-state index in [0.717, 1.165) is 37.1 Å². The molecular weight excluding hydrogens is 288 g/mol. The number of hydrogen-bond acceptors (Lipinski definition) is 4. The van der Waals surface area contributed by atoms with Crippen molar-refractivity contribution in [1.82, 2.24) is 19.8 Å². The van der Waals surface area contributed by atoms with Gasteiger partial charge in [0.05, 0.1) is 0 Å². The van der Waals surface area contributed by atoms with E-state index in [9.17, 15) is 8.42 Å². The lowest BCUT2D eigenvalue weighted by atomic mass is 10.2. The van der Waals surface area contributed by atoms with Gasteiger partial charge in [-0.05, 0) is 32.7 Å². The molecule has 0 spiro atoms. The largest absolute Gasteiger partial charge is 0.313 e. The summed E-state index contributed by atoms with van der Waals surface area (Å²) >= 11 is 0. The first-order valence-corrected chi connectivity index (χ1v) is 9.06. The average molecular weight is 316 g/mol. The second kappa shape index (κ2) is 7.91. The van der Waals surface area contributed by atoms with Crippen LogP contribution in [0.15, 0.2) is 5.03 Å². The first-order chi connectivity index (χ1) is 9.89. The second-order valence-electron chi connectivity index (χ2n) is 5.30. The van der Waals surface area contributed by atoms with Crippen LogP contribution < -0.4 is 5.32 Å². The van der Waals surface area contributed by atoms with Crippen LogP contribution >= 0.6 is 0 Å². The lowest BCUT2D eigenvalue weighted by Crippen LogP contribution is -2.37. The number of H-pyrrole nitrogens is 1. The summed E-state index contributed by atoms with van der Waals surface area (Å²) in [4.78, 5) is 0. The summed E-state index contributed by atoms with van der Waals surface area (Å²) < 4.78 is 27.0. The topological polar surface area (TPSA) is 78.1 Å². The Morgan fingerprint density at radius 3 is 2.43 bits per heavy atom. The van der Waals surface area contributed by atoms with Crippen molar-refractivity contribution in [1.29, 1.82) is 0 Å². The minimum atomic E-state index is -3.56. The van der Waals surface area contributed by atoms with Crippen LogP contribution in [0.2, 0.25) is 0 Å². The van der Waals surface area contributed by atoms with E-state index < -0.39 is 10.0 Å². The van der Waals surface area contributed by atoms with Crippen LogP contribution in [0.5, 0.6) is 0 Å². The minimum absolute atomic E-state index is 0.00320. The molecule has 0 aromatic carbocycles. The van der Waals surface area contributed by atoms with Crippen molar-refractivity contribution in [3.8, 4) is 0 Å². The first-order valence-electron chi connectivity index (χ1n) is 7.62. The van der Waals surface area contributed by atoms with Gasteiger partial charge in [-0.3, -0.25) is 5.10 Å². The van der Waals surface area contributed by atoms with Crippen LogP contribution in [-0.2, 0) is 16.6 Å². The number of rotatable bonds is 9. The van der Waals surface area contributed by atoms with Crippen molar-refractivity contribution in [2.45, 2.75) is 64.6 Å². The van der Waals surface area contributed by atoms with E-state index in [1.54, 1.807) is 7.05 Å². The molecule has 1 aromatic rings.